The third-order valence-corrected chi connectivity index (χ3v) is 3.95. The fourth-order valence-corrected chi connectivity index (χ4v) is 2.81. The van der Waals surface area contributed by atoms with Crippen LogP contribution in [0.5, 0.6) is 17.2 Å². The molecule has 0 saturated heterocycles. The molecule has 4 nitrogen and oxygen atoms in total. The Balaban J connectivity index is 1.95. The van der Waals surface area contributed by atoms with Crippen molar-refractivity contribution in [2.45, 2.75) is 6.92 Å². The van der Waals surface area contributed by atoms with Gasteiger partial charge in [0.2, 0.25) is 12.5 Å². The highest BCUT2D eigenvalue weighted by molar-refractivity contribution is 5.86. The lowest BCUT2D eigenvalue weighted by Crippen LogP contribution is -1.93. The molecule has 1 aromatic heterocycles. The van der Waals surface area contributed by atoms with Gasteiger partial charge in [0.15, 0.2) is 11.5 Å². The van der Waals surface area contributed by atoms with Crippen LogP contribution in [0.15, 0.2) is 36.4 Å². The molecule has 0 saturated carbocycles. The number of methoxy groups -OCH3 is 1. The average molecular weight is 311 g/mol. The van der Waals surface area contributed by atoms with E-state index in [2.05, 4.69) is 4.98 Å². The molecule has 0 aliphatic carbocycles. The summed E-state index contributed by atoms with van der Waals surface area (Å²) in [5.74, 6) is 1.43. The van der Waals surface area contributed by atoms with Crippen molar-refractivity contribution in [1.82, 2.24) is 4.98 Å². The van der Waals surface area contributed by atoms with Gasteiger partial charge in [-0.05, 0) is 36.8 Å². The van der Waals surface area contributed by atoms with E-state index in [0.29, 0.717) is 28.5 Å². The van der Waals surface area contributed by atoms with Crippen LogP contribution in [0.1, 0.15) is 5.56 Å². The predicted octanol–water partition coefficient (Wildman–Crippen LogP) is 4.09. The first kappa shape index (κ1) is 13.8. The zero-order chi connectivity index (χ0) is 16.0. The summed E-state index contributed by atoms with van der Waals surface area (Å²) in [6.45, 7) is 2.10. The van der Waals surface area contributed by atoms with Gasteiger partial charge in [0, 0.05) is 10.9 Å². The molecule has 116 valence electrons. The van der Waals surface area contributed by atoms with Crippen molar-refractivity contribution >= 4 is 10.9 Å². The second kappa shape index (κ2) is 5.12. The average Bonchev–Trinajstić information content (AvgIpc) is 3.03. The lowest BCUT2D eigenvalue weighted by molar-refractivity contribution is 0.171. The molecule has 23 heavy (non-hydrogen) atoms. The van der Waals surface area contributed by atoms with Gasteiger partial charge in [-0.1, -0.05) is 12.1 Å². The summed E-state index contributed by atoms with van der Waals surface area (Å²) in [4.78, 5) is 4.48. The highest BCUT2D eigenvalue weighted by atomic mass is 19.1. The molecule has 1 aliphatic heterocycles. The van der Waals surface area contributed by atoms with E-state index in [1.54, 1.807) is 13.2 Å². The molecule has 2 heterocycles. The van der Waals surface area contributed by atoms with Crippen LogP contribution in [-0.2, 0) is 0 Å². The fraction of sp³-hybridized carbons (Fsp3) is 0.167. The molecule has 0 N–H and O–H groups in total. The van der Waals surface area contributed by atoms with Gasteiger partial charge in [-0.15, -0.1) is 0 Å². The van der Waals surface area contributed by atoms with Crippen molar-refractivity contribution in [3.8, 4) is 28.5 Å². The van der Waals surface area contributed by atoms with Crippen LogP contribution in [0.3, 0.4) is 0 Å². The highest BCUT2D eigenvalue weighted by Gasteiger charge is 2.21. The summed E-state index contributed by atoms with van der Waals surface area (Å²) in [6.07, 6.45) is 0. The quantitative estimate of drug-likeness (QED) is 0.715. The number of hydrogen-bond acceptors (Lipinski definition) is 4. The molecule has 0 atom stereocenters. The fourth-order valence-electron chi connectivity index (χ4n) is 2.81. The van der Waals surface area contributed by atoms with Crippen LogP contribution < -0.4 is 14.2 Å². The normalized spacial score (nSPS) is 12.7. The molecule has 0 fully saturated rings. The summed E-state index contributed by atoms with van der Waals surface area (Å²) < 4.78 is 30.3. The first-order chi connectivity index (χ1) is 11.2. The number of rotatable bonds is 2. The monoisotopic (exact) mass is 311 g/mol. The molecule has 4 rings (SSSR count). The second-order valence-electron chi connectivity index (χ2n) is 5.37. The van der Waals surface area contributed by atoms with Crippen LogP contribution in [0.25, 0.3) is 22.2 Å². The van der Waals surface area contributed by atoms with E-state index < -0.39 is 0 Å². The Bertz CT molecular complexity index is 924. The van der Waals surface area contributed by atoms with Crippen molar-refractivity contribution in [3.05, 3.63) is 47.8 Å². The first-order valence-corrected chi connectivity index (χ1v) is 7.21. The van der Waals surface area contributed by atoms with Crippen molar-refractivity contribution in [3.63, 3.8) is 0 Å². The summed E-state index contributed by atoms with van der Waals surface area (Å²) in [6, 6.07) is 10.6. The number of para-hydroxylation sites is 1. The molecule has 1 aliphatic rings. The Kier molecular flexibility index (Phi) is 3.08. The Morgan fingerprint density at radius 3 is 2.87 bits per heavy atom. The van der Waals surface area contributed by atoms with Gasteiger partial charge in [-0.2, -0.15) is 0 Å². The third kappa shape index (κ3) is 2.16. The van der Waals surface area contributed by atoms with E-state index in [4.69, 9.17) is 14.2 Å². The smallest absolute Gasteiger partial charge is 0.231 e. The Morgan fingerprint density at radius 2 is 2.04 bits per heavy atom. The number of aryl methyl sites for hydroxylation is 1. The minimum Gasteiger partial charge on any atom is -0.493 e. The number of nitrogens with zero attached hydrogens (tertiary/aromatic N) is 1. The number of hydrogen-bond donors (Lipinski definition) is 0. The van der Waals surface area contributed by atoms with E-state index in [1.165, 1.54) is 6.07 Å². The lowest BCUT2D eigenvalue weighted by atomic mass is 10.0. The standard InChI is InChI=1S/C18H14FNO3/c1-10-6-14(20-17-12(10)4-3-5-13(17)19)11-7-15(21-2)18-16(8-11)22-9-23-18/h3-8H,9H2,1-2H3. The van der Waals surface area contributed by atoms with Crippen LogP contribution in [0.4, 0.5) is 4.39 Å². The summed E-state index contributed by atoms with van der Waals surface area (Å²) >= 11 is 0. The van der Waals surface area contributed by atoms with Gasteiger partial charge in [0.25, 0.3) is 0 Å². The van der Waals surface area contributed by atoms with E-state index in [1.807, 2.05) is 31.2 Å². The van der Waals surface area contributed by atoms with Crippen LogP contribution >= 0.6 is 0 Å². The van der Waals surface area contributed by atoms with E-state index in [0.717, 1.165) is 16.5 Å². The third-order valence-electron chi connectivity index (χ3n) is 3.95. The summed E-state index contributed by atoms with van der Waals surface area (Å²) in [5, 5.41) is 0.807. The van der Waals surface area contributed by atoms with E-state index >= 15 is 0 Å². The molecule has 5 heteroatoms. The minimum atomic E-state index is -0.333. The first-order valence-electron chi connectivity index (χ1n) is 7.21. The summed E-state index contributed by atoms with van der Waals surface area (Å²) in [5.41, 5.74) is 2.77. The molecule has 0 unspecified atom stereocenters. The zero-order valence-electron chi connectivity index (χ0n) is 12.7. The van der Waals surface area contributed by atoms with E-state index in [9.17, 15) is 4.39 Å². The number of aromatic nitrogens is 1. The topological polar surface area (TPSA) is 40.6 Å². The Labute approximate surface area is 132 Å². The van der Waals surface area contributed by atoms with Gasteiger partial charge in [-0.25, -0.2) is 9.37 Å². The van der Waals surface area contributed by atoms with Crippen molar-refractivity contribution in [1.29, 1.82) is 0 Å². The highest BCUT2D eigenvalue weighted by Crippen LogP contribution is 2.44. The maximum absolute atomic E-state index is 14.1. The molecular weight excluding hydrogens is 297 g/mol. The SMILES string of the molecule is COc1cc(-c2cc(C)c3cccc(F)c3n2)cc2c1OCO2. The molecule has 0 radical (unpaired) electrons. The second-order valence-corrected chi connectivity index (χ2v) is 5.37. The molecule has 0 bridgehead atoms. The van der Waals surface area contributed by atoms with E-state index in [-0.39, 0.29) is 12.6 Å². The van der Waals surface area contributed by atoms with Gasteiger partial charge in [0.1, 0.15) is 11.3 Å². The molecule has 3 aromatic rings. The molecule has 0 amide bonds. The van der Waals surface area contributed by atoms with Crippen molar-refractivity contribution in [2.75, 3.05) is 13.9 Å². The maximum Gasteiger partial charge on any atom is 0.231 e. The molecular formula is C18H14FNO3. The lowest BCUT2D eigenvalue weighted by Gasteiger charge is -2.10. The number of pyridine rings is 1. The number of halogens is 1. The van der Waals surface area contributed by atoms with Crippen LogP contribution in [0.2, 0.25) is 0 Å². The van der Waals surface area contributed by atoms with Gasteiger partial charge in [-0.3, -0.25) is 0 Å². The minimum absolute atomic E-state index is 0.161. The number of benzene rings is 2. The Morgan fingerprint density at radius 1 is 1.17 bits per heavy atom. The molecule has 0 spiro atoms. The maximum atomic E-state index is 14.1. The Hall–Kier alpha value is -2.82. The largest absolute Gasteiger partial charge is 0.493 e. The van der Waals surface area contributed by atoms with Crippen molar-refractivity contribution in [2.24, 2.45) is 0 Å². The van der Waals surface area contributed by atoms with Crippen LogP contribution in [0, 0.1) is 12.7 Å². The zero-order valence-corrected chi connectivity index (χ0v) is 12.7. The van der Waals surface area contributed by atoms with Crippen molar-refractivity contribution < 1.29 is 18.6 Å². The number of fused-ring (bicyclic) bond motifs is 2. The summed E-state index contributed by atoms with van der Waals surface area (Å²) in [7, 11) is 1.57. The van der Waals surface area contributed by atoms with Gasteiger partial charge < -0.3 is 14.2 Å². The predicted molar refractivity (Wildman–Crippen MR) is 84.5 cm³/mol. The van der Waals surface area contributed by atoms with Crippen LogP contribution in [-0.4, -0.2) is 18.9 Å². The van der Waals surface area contributed by atoms with Gasteiger partial charge >= 0.3 is 0 Å². The molecule has 2 aromatic carbocycles. The van der Waals surface area contributed by atoms with Gasteiger partial charge in [0.05, 0.1) is 12.8 Å². The number of ether oxygens (including phenoxy) is 3.